The number of thioether (sulfide) groups is 1. The molecular formula is C14H14ClN3O3S. The fourth-order valence-electron chi connectivity index (χ4n) is 1.70. The lowest BCUT2D eigenvalue weighted by Crippen LogP contribution is -2.25. The first-order valence-corrected chi connectivity index (χ1v) is 7.97. The molecule has 2 rings (SSSR count). The molecule has 0 bridgehead atoms. The van der Waals surface area contributed by atoms with Crippen LogP contribution in [0, 0.1) is 0 Å². The Hall–Kier alpha value is -1.99. The molecule has 0 saturated carbocycles. The predicted molar refractivity (Wildman–Crippen MR) is 87.1 cm³/mol. The number of hydrogen-bond donors (Lipinski definition) is 3. The highest BCUT2D eigenvalue weighted by Gasteiger charge is 2.03. The van der Waals surface area contributed by atoms with E-state index in [4.69, 9.17) is 11.6 Å². The molecule has 0 aliphatic heterocycles. The number of carbonyl (C=O) groups excluding carboxylic acids is 1. The number of carbonyl (C=O) groups is 1. The molecule has 1 aromatic carbocycles. The second-order valence-corrected chi connectivity index (χ2v) is 5.93. The summed E-state index contributed by atoms with van der Waals surface area (Å²) in [6.45, 7) is 0.429. The van der Waals surface area contributed by atoms with Crippen LogP contribution < -0.4 is 16.6 Å². The standard InChI is InChI=1S/C14H14ClN3O3S/c15-10-3-1-9(2-4-10)6-16-13(20)8-22-7-11-5-12(19)18-14(21)17-11/h1-5H,6-8H2,(H,16,20)(H2,17,18,19,21). The van der Waals surface area contributed by atoms with E-state index in [0.717, 1.165) is 5.56 Å². The molecule has 116 valence electrons. The van der Waals surface area contributed by atoms with Crippen LogP contribution in [0.1, 0.15) is 11.3 Å². The maximum absolute atomic E-state index is 11.7. The first-order chi connectivity index (χ1) is 10.5. The summed E-state index contributed by atoms with van der Waals surface area (Å²) in [6.07, 6.45) is 0. The van der Waals surface area contributed by atoms with Gasteiger partial charge in [-0.15, -0.1) is 11.8 Å². The molecule has 1 aromatic heterocycles. The average Bonchev–Trinajstić information content (AvgIpc) is 2.46. The fourth-order valence-corrected chi connectivity index (χ4v) is 2.60. The molecule has 2 aromatic rings. The van der Waals surface area contributed by atoms with Gasteiger partial charge in [-0.05, 0) is 17.7 Å². The predicted octanol–water partition coefficient (Wildman–Crippen LogP) is 1.27. The molecule has 0 saturated heterocycles. The third-order valence-electron chi connectivity index (χ3n) is 2.71. The Morgan fingerprint density at radius 3 is 2.59 bits per heavy atom. The molecule has 8 heteroatoms. The van der Waals surface area contributed by atoms with Crippen LogP contribution in [0.25, 0.3) is 0 Å². The highest BCUT2D eigenvalue weighted by atomic mass is 35.5. The molecule has 1 heterocycles. The van der Waals surface area contributed by atoms with Gasteiger partial charge in [-0.25, -0.2) is 4.79 Å². The molecular weight excluding hydrogens is 326 g/mol. The molecule has 0 atom stereocenters. The number of H-pyrrole nitrogens is 2. The van der Waals surface area contributed by atoms with Crippen molar-refractivity contribution >= 4 is 29.3 Å². The van der Waals surface area contributed by atoms with Crippen LogP contribution >= 0.6 is 23.4 Å². The van der Waals surface area contributed by atoms with E-state index in [1.165, 1.54) is 17.8 Å². The van der Waals surface area contributed by atoms with Crippen molar-refractivity contribution in [2.75, 3.05) is 5.75 Å². The van der Waals surface area contributed by atoms with Gasteiger partial charge in [0.1, 0.15) is 0 Å². The zero-order valence-corrected chi connectivity index (χ0v) is 13.1. The molecule has 0 aliphatic carbocycles. The number of aromatic amines is 2. The molecule has 0 unspecified atom stereocenters. The lowest BCUT2D eigenvalue weighted by molar-refractivity contribution is -0.118. The van der Waals surface area contributed by atoms with E-state index in [0.29, 0.717) is 23.0 Å². The van der Waals surface area contributed by atoms with Gasteiger partial charge in [0, 0.05) is 29.1 Å². The number of amides is 1. The van der Waals surface area contributed by atoms with E-state index in [2.05, 4.69) is 15.3 Å². The Bertz CT molecular complexity index is 727. The van der Waals surface area contributed by atoms with Crippen molar-refractivity contribution in [1.29, 1.82) is 0 Å². The van der Waals surface area contributed by atoms with Crippen molar-refractivity contribution in [2.24, 2.45) is 0 Å². The van der Waals surface area contributed by atoms with Crippen LogP contribution in [-0.2, 0) is 17.1 Å². The van der Waals surface area contributed by atoms with E-state index in [1.54, 1.807) is 12.1 Å². The first kappa shape index (κ1) is 16.4. The van der Waals surface area contributed by atoms with Gasteiger partial charge in [-0.2, -0.15) is 0 Å². The van der Waals surface area contributed by atoms with Crippen molar-refractivity contribution < 1.29 is 4.79 Å². The molecule has 1 amide bonds. The van der Waals surface area contributed by atoms with E-state index in [1.807, 2.05) is 12.1 Å². The monoisotopic (exact) mass is 339 g/mol. The summed E-state index contributed by atoms with van der Waals surface area (Å²) >= 11 is 7.10. The normalized spacial score (nSPS) is 10.4. The molecule has 0 radical (unpaired) electrons. The van der Waals surface area contributed by atoms with E-state index in [-0.39, 0.29) is 11.7 Å². The van der Waals surface area contributed by atoms with E-state index < -0.39 is 11.2 Å². The summed E-state index contributed by atoms with van der Waals surface area (Å²) < 4.78 is 0. The average molecular weight is 340 g/mol. The van der Waals surface area contributed by atoms with Crippen LogP contribution in [0.3, 0.4) is 0 Å². The van der Waals surface area contributed by atoms with Crippen molar-refractivity contribution in [3.8, 4) is 0 Å². The largest absolute Gasteiger partial charge is 0.351 e. The van der Waals surface area contributed by atoms with Crippen molar-refractivity contribution in [3.63, 3.8) is 0 Å². The number of hydrogen-bond acceptors (Lipinski definition) is 4. The van der Waals surface area contributed by atoms with Crippen molar-refractivity contribution in [1.82, 2.24) is 15.3 Å². The number of halogens is 1. The summed E-state index contributed by atoms with van der Waals surface area (Å²) in [5, 5.41) is 3.44. The summed E-state index contributed by atoms with van der Waals surface area (Å²) in [7, 11) is 0. The van der Waals surface area contributed by atoms with Crippen LogP contribution in [0.15, 0.2) is 39.9 Å². The van der Waals surface area contributed by atoms with Crippen LogP contribution in [-0.4, -0.2) is 21.6 Å². The van der Waals surface area contributed by atoms with E-state index in [9.17, 15) is 14.4 Å². The van der Waals surface area contributed by atoms with Crippen molar-refractivity contribution in [2.45, 2.75) is 12.3 Å². The van der Waals surface area contributed by atoms with Gasteiger partial charge in [-0.3, -0.25) is 14.6 Å². The molecule has 0 aliphatic rings. The second-order valence-electron chi connectivity index (χ2n) is 4.51. The van der Waals surface area contributed by atoms with Gasteiger partial charge in [-0.1, -0.05) is 23.7 Å². The zero-order valence-electron chi connectivity index (χ0n) is 11.5. The minimum Gasteiger partial charge on any atom is -0.351 e. The highest BCUT2D eigenvalue weighted by Crippen LogP contribution is 2.10. The second kappa shape index (κ2) is 7.86. The first-order valence-electron chi connectivity index (χ1n) is 6.44. The highest BCUT2D eigenvalue weighted by molar-refractivity contribution is 7.99. The maximum Gasteiger partial charge on any atom is 0.325 e. The lowest BCUT2D eigenvalue weighted by Gasteiger charge is -2.05. The summed E-state index contributed by atoms with van der Waals surface area (Å²) in [6, 6.07) is 8.52. The van der Waals surface area contributed by atoms with Gasteiger partial charge in [0.05, 0.1) is 5.75 Å². The Labute approximate surface area is 135 Å². The van der Waals surface area contributed by atoms with Gasteiger partial charge >= 0.3 is 5.69 Å². The molecule has 0 fully saturated rings. The fraction of sp³-hybridized carbons (Fsp3) is 0.214. The van der Waals surface area contributed by atoms with Gasteiger partial charge in [0.2, 0.25) is 5.91 Å². The Morgan fingerprint density at radius 2 is 1.91 bits per heavy atom. The molecule has 6 nitrogen and oxygen atoms in total. The minimum atomic E-state index is -0.546. The van der Waals surface area contributed by atoms with E-state index >= 15 is 0 Å². The Kier molecular flexibility index (Phi) is 5.85. The van der Waals surface area contributed by atoms with Gasteiger partial charge < -0.3 is 10.3 Å². The summed E-state index contributed by atoms with van der Waals surface area (Å²) in [4.78, 5) is 38.5. The van der Waals surface area contributed by atoms with Crippen LogP contribution in [0.4, 0.5) is 0 Å². The molecule has 0 spiro atoms. The smallest absolute Gasteiger partial charge is 0.325 e. The SMILES string of the molecule is O=C(CSCc1cc(=O)[nH]c(=O)[nH]1)NCc1ccc(Cl)cc1. The van der Waals surface area contributed by atoms with Crippen LogP contribution in [0.5, 0.6) is 0 Å². The third-order valence-corrected chi connectivity index (χ3v) is 3.94. The zero-order chi connectivity index (χ0) is 15.9. The quantitative estimate of drug-likeness (QED) is 0.738. The summed E-state index contributed by atoms with van der Waals surface area (Å²) in [5.74, 6) is 0.503. The third kappa shape index (κ3) is 5.42. The Balaban J connectivity index is 1.74. The number of rotatable bonds is 6. The number of nitrogens with one attached hydrogen (secondary N) is 3. The Morgan fingerprint density at radius 1 is 1.18 bits per heavy atom. The van der Waals surface area contributed by atoms with Crippen LogP contribution in [0.2, 0.25) is 5.02 Å². The van der Waals surface area contributed by atoms with Gasteiger partial charge in [0.25, 0.3) is 5.56 Å². The van der Waals surface area contributed by atoms with Gasteiger partial charge in [0.15, 0.2) is 0 Å². The maximum atomic E-state index is 11.7. The number of aromatic nitrogens is 2. The minimum absolute atomic E-state index is 0.118. The summed E-state index contributed by atoms with van der Waals surface area (Å²) in [5.41, 5.74) is 0.452. The molecule has 22 heavy (non-hydrogen) atoms. The van der Waals surface area contributed by atoms with Crippen molar-refractivity contribution in [3.05, 3.63) is 67.4 Å². The lowest BCUT2D eigenvalue weighted by atomic mass is 10.2. The number of benzene rings is 1. The molecule has 3 N–H and O–H groups in total. The topological polar surface area (TPSA) is 94.8 Å².